The number of anilines is 1. The number of fused-ring (bicyclic) bond motifs is 1. The zero-order valence-electron chi connectivity index (χ0n) is 11.9. The van der Waals surface area contributed by atoms with Crippen LogP contribution in [0.2, 0.25) is 0 Å². The molecule has 3 rings (SSSR count). The van der Waals surface area contributed by atoms with Crippen LogP contribution in [-0.2, 0) is 7.05 Å². The molecule has 2 aromatic rings. The topological polar surface area (TPSA) is 55.6 Å². The molecule has 0 unspecified atom stereocenters. The van der Waals surface area contributed by atoms with Crippen molar-refractivity contribution in [2.24, 2.45) is 7.05 Å². The summed E-state index contributed by atoms with van der Waals surface area (Å²) >= 11 is 0. The number of rotatable bonds is 5. The van der Waals surface area contributed by atoms with E-state index >= 15 is 0 Å². The van der Waals surface area contributed by atoms with Gasteiger partial charge < -0.3 is 5.32 Å². The molecule has 2 heterocycles. The molecule has 0 spiro atoms. The molecule has 5 heteroatoms. The SMILES string of the molecule is CCCCNc1nc(C2CC2)nc2c(C)nn(C)c12. The van der Waals surface area contributed by atoms with Crippen LogP contribution >= 0.6 is 0 Å². The summed E-state index contributed by atoms with van der Waals surface area (Å²) in [7, 11) is 1.96. The van der Waals surface area contributed by atoms with Crippen molar-refractivity contribution in [1.29, 1.82) is 0 Å². The molecule has 0 atom stereocenters. The van der Waals surface area contributed by atoms with Gasteiger partial charge in [0.2, 0.25) is 0 Å². The summed E-state index contributed by atoms with van der Waals surface area (Å²) in [6, 6.07) is 0. The quantitative estimate of drug-likeness (QED) is 0.839. The van der Waals surface area contributed by atoms with Crippen molar-refractivity contribution in [3.05, 3.63) is 11.5 Å². The van der Waals surface area contributed by atoms with Gasteiger partial charge in [0.25, 0.3) is 0 Å². The van der Waals surface area contributed by atoms with Gasteiger partial charge in [0.05, 0.1) is 5.69 Å². The average Bonchev–Trinajstić information content (AvgIpc) is 3.18. The van der Waals surface area contributed by atoms with Crippen molar-refractivity contribution in [2.75, 3.05) is 11.9 Å². The number of aromatic nitrogens is 4. The van der Waals surface area contributed by atoms with E-state index < -0.39 is 0 Å². The lowest BCUT2D eigenvalue weighted by molar-refractivity contribution is 0.779. The number of nitrogens with zero attached hydrogens (tertiary/aromatic N) is 4. The molecule has 19 heavy (non-hydrogen) atoms. The van der Waals surface area contributed by atoms with Gasteiger partial charge in [0.15, 0.2) is 5.82 Å². The first-order valence-corrected chi connectivity index (χ1v) is 7.15. The van der Waals surface area contributed by atoms with E-state index in [1.165, 1.54) is 19.3 Å². The summed E-state index contributed by atoms with van der Waals surface area (Å²) in [5.41, 5.74) is 3.01. The van der Waals surface area contributed by atoms with E-state index in [4.69, 9.17) is 9.97 Å². The van der Waals surface area contributed by atoms with Crippen LogP contribution in [0.5, 0.6) is 0 Å². The predicted octanol–water partition coefficient (Wildman–Crippen LogP) is 2.76. The molecule has 102 valence electrons. The molecule has 5 nitrogen and oxygen atoms in total. The van der Waals surface area contributed by atoms with Crippen molar-refractivity contribution < 1.29 is 0 Å². The summed E-state index contributed by atoms with van der Waals surface area (Å²) in [5, 5.41) is 7.93. The molecule has 1 N–H and O–H groups in total. The molecule has 2 aromatic heterocycles. The Morgan fingerprint density at radius 2 is 2.11 bits per heavy atom. The van der Waals surface area contributed by atoms with E-state index in [0.717, 1.165) is 41.3 Å². The fourth-order valence-electron chi connectivity index (χ4n) is 2.38. The highest BCUT2D eigenvalue weighted by Gasteiger charge is 2.28. The van der Waals surface area contributed by atoms with Gasteiger partial charge in [-0.25, -0.2) is 9.97 Å². The second-order valence-corrected chi connectivity index (χ2v) is 5.39. The molecule has 0 bridgehead atoms. The molecular formula is C14H21N5. The second kappa shape index (κ2) is 4.79. The van der Waals surface area contributed by atoms with Crippen LogP contribution in [0, 0.1) is 6.92 Å². The van der Waals surface area contributed by atoms with Gasteiger partial charge in [-0.3, -0.25) is 4.68 Å². The van der Waals surface area contributed by atoms with E-state index in [1.807, 2.05) is 18.7 Å². The second-order valence-electron chi connectivity index (χ2n) is 5.39. The molecule has 0 aromatic carbocycles. The van der Waals surface area contributed by atoms with Crippen LogP contribution in [0.25, 0.3) is 11.0 Å². The summed E-state index contributed by atoms with van der Waals surface area (Å²) < 4.78 is 1.88. The monoisotopic (exact) mass is 259 g/mol. The number of hydrogen-bond donors (Lipinski definition) is 1. The Hall–Kier alpha value is -1.65. The van der Waals surface area contributed by atoms with E-state index in [2.05, 4.69) is 17.3 Å². The molecule has 1 aliphatic rings. The van der Waals surface area contributed by atoms with Crippen LogP contribution in [0.3, 0.4) is 0 Å². The Morgan fingerprint density at radius 3 is 2.79 bits per heavy atom. The summed E-state index contributed by atoms with van der Waals surface area (Å²) in [6.07, 6.45) is 4.78. The van der Waals surface area contributed by atoms with Crippen molar-refractivity contribution in [2.45, 2.75) is 45.4 Å². The molecule has 0 radical (unpaired) electrons. The molecule has 0 aliphatic heterocycles. The van der Waals surface area contributed by atoms with Crippen LogP contribution in [-0.4, -0.2) is 26.3 Å². The third kappa shape index (κ3) is 2.29. The number of aryl methyl sites for hydroxylation is 2. The van der Waals surface area contributed by atoms with Crippen molar-refractivity contribution in [3.8, 4) is 0 Å². The predicted molar refractivity (Wildman–Crippen MR) is 76.4 cm³/mol. The fraction of sp³-hybridized carbons (Fsp3) is 0.643. The first-order valence-electron chi connectivity index (χ1n) is 7.15. The van der Waals surface area contributed by atoms with E-state index in [0.29, 0.717) is 5.92 Å². The van der Waals surface area contributed by atoms with E-state index in [9.17, 15) is 0 Å². The minimum atomic E-state index is 0.565. The van der Waals surface area contributed by atoms with Crippen LogP contribution in [0.4, 0.5) is 5.82 Å². The molecule has 0 saturated heterocycles. The molecular weight excluding hydrogens is 238 g/mol. The normalized spacial score (nSPS) is 15.1. The zero-order valence-corrected chi connectivity index (χ0v) is 11.9. The van der Waals surface area contributed by atoms with E-state index in [1.54, 1.807) is 0 Å². The van der Waals surface area contributed by atoms with Gasteiger partial charge in [-0.1, -0.05) is 13.3 Å². The van der Waals surface area contributed by atoms with Gasteiger partial charge in [-0.15, -0.1) is 0 Å². The third-order valence-electron chi connectivity index (χ3n) is 3.63. The van der Waals surface area contributed by atoms with Gasteiger partial charge in [0, 0.05) is 19.5 Å². The lowest BCUT2D eigenvalue weighted by Crippen LogP contribution is -2.08. The molecule has 1 saturated carbocycles. The van der Waals surface area contributed by atoms with Crippen molar-refractivity contribution >= 4 is 16.9 Å². The standard InChI is InChI=1S/C14H21N5/c1-4-5-8-15-14-12-11(9(2)18-19(12)3)16-13(17-14)10-6-7-10/h10H,4-8H2,1-3H3,(H,15,16,17). The maximum Gasteiger partial charge on any atom is 0.156 e. The first-order chi connectivity index (χ1) is 9.20. The number of hydrogen-bond acceptors (Lipinski definition) is 4. The molecule has 1 fully saturated rings. The van der Waals surface area contributed by atoms with Gasteiger partial charge in [-0.05, 0) is 26.2 Å². The minimum absolute atomic E-state index is 0.565. The molecule has 0 amide bonds. The van der Waals surface area contributed by atoms with Gasteiger partial charge >= 0.3 is 0 Å². The average molecular weight is 259 g/mol. The van der Waals surface area contributed by atoms with Crippen molar-refractivity contribution in [3.63, 3.8) is 0 Å². The lowest BCUT2D eigenvalue weighted by atomic mass is 10.3. The Morgan fingerprint density at radius 1 is 1.32 bits per heavy atom. The Labute approximate surface area is 113 Å². The summed E-state index contributed by atoms with van der Waals surface area (Å²) in [6.45, 7) is 5.17. The Balaban J connectivity index is 2.05. The van der Waals surface area contributed by atoms with Crippen LogP contribution < -0.4 is 5.32 Å². The lowest BCUT2D eigenvalue weighted by Gasteiger charge is -2.09. The zero-order chi connectivity index (χ0) is 13.4. The highest BCUT2D eigenvalue weighted by atomic mass is 15.3. The highest BCUT2D eigenvalue weighted by Crippen LogP contribution is 2.39. The largest absolute Gasteiger partial charge is 0.368 e. The smallest absolute Gasteiger partial charge is 0.156 e. The number of unbranched alkanes of at least 4 members (excludes halogenated alkanes) is 1. The first kappa shape index (κ1) is 12.4. The van der Waals surface area contributed by atoms with Crippen molar-refractivity contribution in [1.82, 2.24) is 19.7 Å². The van der Waals surface area contributed by atoms with Gasteiger partial charge in [0.1, 0.15) is 16.9 Å². The summed E-state index contributed by atoms with van der Waals surface area (Å²) in [4.78, 5) is 9.44. The minimum Gasteiger partial charge on any atom is -0.368 e. The fourth-order valence-corrected chi connectivity index (χ4v) is 2.38. The maximum atomic E-state index is 4.73. The van der Waals surface area contributed by atoms with Crippen LogP contribution in [0.15, 0.2) is 0 Å². The molecule has 1 aliphatic carbocycles. The highest BCUT2D eigenvalue weighted by molar-refractivity contribution is 5.87. The maximum absolute atomic E-state index is 4.73. The van der Waals surface area contributed by atoms with Gasteiger partial charge in [-0.2, -0.15) is 5.10 Å². The summed E-state index contributed by atoms with van der Waals surface area (Å²) in [5.74, 6) is 2.50. The van der Waals surface area contributed by atoms with E-state index in [-0.39, 0.29) is 0 Å². The number of nitrogens with one attached hydrogen (secondary N) is 1. The van der Waals surface area contributed by atoms with Crippen LogP contribution in [0.1, 0.15) is 50.0 Å². The Kier molecular flexibility index (Phi) is 3.12. The third-order valence-corrected chi connectivity index (χ3v) is 3.63. The Bertz CT molecular complexity index is 597.